The molecule has 2 heterocycles. The van der Waals surface area contributed by atoms with Crippen molar-refractivity contribution in [3.63, 3.8) is 0 Å². The molecule has 0 fully saturated rings. The number of aryl methyl sites for hydroxylation is 1. The van der Waals surface area contributed by atoms with Gasteiger partial charge in [-0.3, -0.25) is 10.1 Å². The van der Waals surface area contributed by atoms with Gasteiger partial charge in [0.25, 0.3) is 5.69 Å². The highest BCUT2D eigenvalue weighted by atomic mass is 16.6. The van der Waals surface area contributed by atoms with E-state index in [4.69, 9.17) is 9.15 Å². The molecule has 9 heteroatoms. The van der Waals surface area contributed by atoms with Gasteiger partial charge in [-0.05, 0) is 36.8 Å². The van der Waals surface area contributed by atoms with E-state index in [0.717, 1.165) is 11.9 Å². The molecule has 0 aliphatic rings. The molecule has 4 rings (SSSR count). The van der Waals surface area contributed by atoms with Crippen LogP contribution in [0.4, 0.5) is 5.69 Å². The lowest BCUT2D eigenvalue weighted by molar-refractivity contribution is -0.384. The van der Waals surface area contributed by atoms with Gasteiger partial charge in [-0.2, -0.15) is 0 Å². The Hall–Kier alpha value is -4.01. The number of nitro benzene ring substituents is 1. The Bertz CT molecular complexity index is 1370. The minimum Gasteiger partial charge on any atom is -0.465 e. The largest absolute Gasteiger partial charge is 0.465 e. The molecule has 0 aliphatic heterocycles. The number of nitrogens with zero attached hydrogens (tertiary/aromatic N) is 3. The van der Waals surface area contributed by atoms with E-state index in [1.807, 2.05) is 11.5 Å². The van der Waals surface area contributed by atoms with Gasteiger partial charge in [0.2, 0.25) is 0 Å². The molecule has 0 bridgehead atoms. The van der Waals surface area contributed by atoms with Crippen molar-refractivity contribution in [1.82, 2.24) is 9.55 Å². The number of carbonyl (C=O) groups is 1. The van der Waals surface area contributed by atoms with E-state index in [9.17, 15) is 19.7 Å². The van der Waals surface area contributed by atoms with Gasteiger partial charge in [0.05, 0.1) is 28.6 Å². The van der Waals surface area contributed by atoms with Gasteiger partial charge in [0.1, 0.15) is 17.0 Å². The number of non-ortho nitro benzene ring substituents is 1. The number of esters is 1. The lowest BCUT2D eigenvalue weighted by Crippen LogP contribution is -2.08. The predicted octanol–water partition coefficient (Wildman–Crippen LogP) is 3.91. The average molecular weight is 407 g/mol. The fourth-order valence-electron chi connectivity index (χ4n) is 3.41. The second kappa shape index (κ2) is 7.43. The van der Waals surface area contributed by atoms with Gasteiger partial charge >= 0.3 is 11.6 Å². The molecule has 0 amide bonds. The molecule has 0 aliphatic carbocycles. The molecular weight excluding hydrogens is 390 g/mol. The first-order valence-electron chi connectivity index (χ1n) is 9.24. The van der Waals surface area contributed by atoms with Crippen molar-refractivity contribution >= 4 is 33.7 Å². The zero-order valence-electron chi connectivity index (χ0n) is 16.2. The normalized spacial score (nSPS) is 11.1. The molecule has 152 valence electrons. The van der Waals surface area contributed by atoms with E-state index < -0.39 is 16.5 Å². The maximum Gasteiger partial charge on any atom is 0.347 e. The summed E-state index contributed by atoms with van der Waals surface area (Å²) in [5.41, 5.74) is 1.36. The van der Waals surface area contributed by atoms with E-state index in [1.165, 1.54) is 25.3 Å². The fourth-order valence-corrected chi connectivity index (χ4v) is 3.41. The van der Waals surface area contributed by atoms with Gasteiger partial charge in [-0.25, -0.2) is 14.6 Å². The fraction of sp³-hybridized carbons (Fsp3) is 0.190. The number of aromatic nitrogens is 2. The van der Waals surface area contributed by atoms with Gasteiger partial charge in [-0.15, -0.1) is 0 Å². The number of hydrogen-bond donors (Lipinski definition) is 0. The van der Waals surface area contributed by atoms with E-state index in [2.05, 4.69) is 4.98 Å². The highest BCUT2D eigenvalue weighted by Gasteiger charge is 2.19. The first kappa shape index (κ1) is 19.3. The molecule has 2 aromatic heterocycles. The molecule has 0 radical (unpaired) electrons. The first-order chi connectivity index (χ1) is 14.4. The Morgan fingerprint density at radius 2 is 2.03 bits per heavy atom. The highest BCUT2D eigenvalue weighted by Crippen LogP contribution is 2.28. The second-order valence-electron chi connectivity index (χ2n) is 6.71. The van der Waals surface area contributed by atoms with Crippen LogP contribution in [-0.4, -0.2) is 27.6 Å². The summed E-state index contributed by atoms with van der Waals surface area (Å²) in [6.07, 6.45) is 0.779. The number of benzene rings is 2. The minimum atomic E-state index is -0.600. The summed E-state index contributed by atoms with van der Waals surface area (Å²) in [4.78, 5) is 39.7. The molecule has 0 saturated carbocycles. The van der Waals surface area contributed by atoms with Gasteiger partial charge in [-0.1, -0.05) is 6.92 Å². The van der Waals surface area contributed by atoms with Crippen LogP contribution in [0.1, 0.15) is 23.7 Å². The Kier molecular flexibility index (Phi) is 4.78. The van der Waals surface area contributed by atoms with Crippen molar-refractivity contribution in [3.05, 3.63) is 68.6 Å². The van der Waals surface area contributed by atoms with Gasteiger partial charge in [0, 0.05) is 24.1 Å². The molecule has 30 heavy (non-hydrogen) atoms. The number of fused-ring (bicyclic) bond motifs is 2. The topological polar surface area (TPSA) is 117 Å². The minimum absolute atomic E-state index is 0.105. The molecule has 0 N–H and O–H groups in total. The van der Waals surface area contributed by atoms with E-state index >= 15 is 0 Å². The summed E-state index contributed by atoms with van der Waals surface area (Å²) in [7, 11) is 1.30. The van der Waals surface area contributed by atoms with Crippen LogP contribution in [0.3, 0.4) is 0 Å². The van der Waals surface area contributed by atoms with Crippen molar-refractivity contribution < 1.29 is 18.9 Å². The number of rotatable bonds is 5. The Labute approximate surface area is 169 Å². The molecule has 0 atom stereocenters. The van der Waals surface area contributed by atoms with Gasteiger partial charge in [0.15, 0.2) is 0 Å². The van der Waals surface area contributed by atoms with E-state index in [1.54, 1.807) is 24.3 Å². The summed E-state index contributed by atoms with van der Waals surface area (Å²) in [5.74, 6) is -0.114. The summed E-state index contributed by atoms with van der Waals surface area (Å²) in [5, 5.41) is 11.5. The van der Waals surface area contributed by atoms with Crippen LogP contribution in [0.25, 0.3) is 33.4 Å². The maximum absolute atomic E-state index is 12.7. The number of carbonyl (C=O) groups excluding carboxylic acids is 1. The van der Waals surface area contributed by atoms with Crippen molar-refractivity contribution in [2.45, 2.75) is 19.9 Å². The second-order valence-corrected chi connectivity index (χ2v) is 6.71. The Morgan fingerprint density at radius 1 is 1.23 bits per heavy atom. The number of ether oxygens (including phenoxy) is 1. The lowest BCUT2D eigenvalue weighted by Gasteiger charge is -2.08. The SMILES string of the molecule is CCCn1c(-c2cc3cc([N+](=O)[O-])ccc3oc2=O)nc2cc(C(=O)OC)ccc21. The smallest absolute Gasteiger partial charge is 0.347 e. The van der Waals surface area contributed by atoms with Crippen molar-refractivity contribution in [1.29, 1.82) is 0 Å². The number of nitro groups is 1. The van der Waals surface area contributed by atoms with E-state index in [0.29, 0.717) is 28.8 Å². The van der Waals surface area contributed by atoms with Crippen LogP contribution in [0.15, 0.2) is 51.7 Å². The Balaban J connectivity index is 1.96. The summed E-state index contributed by atoms with van der Waals surface area (Å²) >= 11 is 0. The van der Waals surface area contributed by atoms with Crippen LogP contribution in [0.2, 0.25) is 0 Å². The zero-order valence-corrected chi connectivity index (χ0v) is 16.2. The van der Waals surface area contributed by atoms with Crippen LogP contribution in [0, 0.1) is 10.1 Å². The summed E-state index contributed by atoms with van der Waals surface area (Å²) in [6.45, 7) is 2.57. The molecule has 4 aromatic rings. The van der Waals surface area contributed by atoms with Crippen molar-refractivity contribution in [2.24, 2.45) is 0 Å². The molecule has 2 aromatic carbocycles. The molecule has 0 unspecified atom stereocenters. The predicted molar refractivity (Wildman–Crippen MR) is 109 cm³/mol. The monoisotopic (exact) mass is 407 g/mol. The molecule has 9 nitrogen and oxygen atoms in total. The van der Waals surface area contributed by atoms with Crippen LogP contribution in [-0.2, 0) is 11.3 Å². The van der Waals surface area contributed by atoms with Crippen LogP contribution in [0.5, 0.6) is 0 Å². The molecular formula is C21H17N3O6. The van der Waals surface area contributed by atoms with Crippen LogP contribution >= 0.6 is 0 Å². The third-order valence-corrected chi connectivity index (χ3v) is 4.78. The zero-order chi connectivity index (χ0) is 21.4. The number of imidazole rings is 1. The number of methoxy groups -OCH3 is 1. The van der Waals surface area contributed by atoms with Crippen LogP contribution < -0.4 is 5.63 Å². The standard InChI is InChI=1S/C21H17N3O6/c1-3-8-23-17-6-4-12(20(25)29-2)11-16(17)22-19(23)15-10-13-9-14(24(27)28)5-7-18(13)30-21(15)26/h4-7,9-11H,3,8H2,1-2H3. The van der Waals surface area contributed by atoms with Crippen molar-refractivity contribution in [2.75, 3.05) is 7.11 Å². The highest BCUT2D eigenvalue weighted by molar-refractivity contribution is 5.94. The number of hydrogen-bond acceptors (Lipinski definition) is 7. The van der Waals surface area contributed by atoms with E-state index in [-0.39, 0.29) is 16.8 Å². The first-order valence-corrected chi connectivity index (χ1v) is 9.24. The quantitative estimate of drug-likeness (QED) is 0.213. The third-order valence-electron chi connectivity index (χ3n) is 4.78. The maximum atomic E-state index is 12.7. The third kappa shape index (κ3) is 3.20. The molecule has 0 saturated heterocycles. The summed E-state index contributed by atoms with van der Waals surface area (Å²) < 4.78 is 12.0. The lowest BCUT2D eigenvalue weighted by atomic mass is 10.1. The average Bonchev–Trinajstić information content (AvgIpc) is 3.10. The Morgan fingerprint density at radius 3 is 2.73 bits per heavy atom. The molecule has 0 spiro atoms. The van der Waals surface area contributed by atoms with Gasteiger partial charge < -0.3 is 13.7 Å². The van der Waals surface area contributed by atoms with Crippen molar-refractivity contribution in [3.8, 4) is 11.4 Å². The summed E-state index contributed by atoms with van der Waals surface area (Å²) in [6, 6.07) is 10.6.